The summed E-state index contributed by atoms with van der Waals surface area (Å²) in [5.74, 6) is -4.99. The molecule has 14 heteroatoms. The molecule has 38 heavy (non-hydrogen) atoms. The number of aliphatic carboxylic acids is 1. The number of aromatic hydroxyl groups is 1. The molecule has 0 heterocycles. The highest BCUT2D eigenvalue weighted by molar-refractivity contribution is 5.94. The molecule has 0 radical (unpaired) electrons. The minimum atomic E-state index is -1.58. The first-order chi connectivity index (χ1) is 17.8. The molecule has 0 aliphatic rings. The highest BCUT2D eigenvalue weighted by Crippen LogP contribution is 2.12. The van der Waals surface area contributed by atoms with Crippen LogP contribution in [0.5, 0.6) is 5.75 Å². The van der Waals surface area contributed by atoms with E-state index < -0.39 is 78.9 Å². The number of aliphatic hydroxyl groups excluding tert-OH is 2. The van der Waals surface area contributed by atoms with Crippen LogP contribution in [0.2, 0.25) is 0 Å². The lowest BCUT2D eigenvalue weighted by Gasteiger charge is -2.26. The van der Waals surface area contributed by atoms with Crippen LogP contribution in [0.4, 0.5) is 0 Å². The van der Waals surface area contributed by atoms with Crippen molar-refractivity contribution in [3.63, 3.8) is 0 Å². The van der Waals surface area contributed by atoms with E-state index in [1.54, 1.807) is 13.8 Å². The first-order valence-electron chi connectivity index (χ1n) is 12.0. The van der Waals surface area contributed by atoms with Crippen molar-refractivity contribution < 1.29 is 44.4 Å². The predicted molar refractivity (Wildman–Crippen MR) is 134 cm³/mol. The number of aliphatic hydroxyl groups is 2. The lowest BCUT2D eigenvalue weighted by Crippen LogP contribution is -2.58. The number of nitrogens with two attached hydrogens (primary N) is 1. The van der Waals surface area contributed by atoms with Crippen molar-refractivity contribution in [1.82, 2.24) is 21.3 Å². The molecular formula is C24H37N5O9. The van der Waals surface area contributed by atoms with E-state index in [9.17, 15) is 39.3 Å². The second kappa shape index (κ2) is 15.5. The highest BCUT2D eigenvalue weighted by Gasteiger charge is 2.32. The number of amides is 4. The van der Waals surface area contributed by atoms with Gasteiger partial charge < -0.3 is 47.4 Å². The molecule has 10 N–H and O–H groups in total. The zero-order valence-corrected chi connectivity index (χ0v) is 21.5. The molecule has 4 amide bonds. The Morgan fingerprint density at radius 1 is 0.921 bits per heavy atom. The van der Waals surface area contributed by atoms with Gasteiger partial charge in [0.2, 0.25) is 23.6 Å². The molecule has 0 spiro atoms. The van der Waals surface area contributed by atoms with Gasteiger partial charge >= 0.3 is 5.97 Å². The van der Waals surface area contributed by atoms with Gasteiger partial charge in [0.05, 0.1) is 19.3 Å². The quantitative estimate of drug-likeness (QED) is 0.112. The molecule has 0 aliphatic carbocycles. The number of carboxylic acids is 1. The van der Waals surface area contributed by atoms with Crippen LogP contribution in [-0.2, 0) is 30.4 Å². The number of nitrogens with one attached hydrogen (secondary N) is 4. The lowest BCUT2D eigenvalue weighted by atomic mass is 9.97. The van der Waals surface area contributed by atoms with Crippen molar-refractivity contribution in [3.8, 4) is 5.75 Å². The molecule has 1 aromatic rings. The maximum absolute atomic E-state index is 12.8. The fraction of sp³-hybridized carbons (Fsp3) is 0.542. The minimum absolute atomic E-state index is 0.000723. The predicted octanol–water partition coefficient (Wildman–Crippen LogP) is -2.66. The molecule has 212 valence electrons. The Bertz CT molecular complexity index is 971. The van der Waals surface area contributed by atoms with E-state index in [0.717, 1.165) is 0 Å². The molecule has 0 unspecified atom stereocenters. The van der Waals surface area contributed by atoms with Crippen molar-refractivity contribution in [2.75, 3.05) is 13.2 Å². The van der Waals surface area contributed by atoms with E-state index in [1.807, 2.05) is 0 Å². The van der Waals surface area contributed by atoms with E-state index in [0.29, 0.717) is 12.0 Å². The summed E-state index contributed by atoms with van der Waals surface area (Å²) in [7, 11) is 0. The van der Waals surface area contributed by atoms with Gasteiger partial charge in [-0.1, -0.05) is 32.4 Å². The van der Waals surface area contributed by atoms with Crippen LogP contribution in [-0.4, -0.2) is 93.4 Å². The normalized spacial score (nSPS) is 15.6. The third-order valence-electron chi connectivity index (χ3n) is 5.82. The number of carboxylic acid groups (broad SMARTS) is 1. The van der Waals surface area contributed by atoms with Crippen LogP contribution in [0.1, 0.15) is 32.8 Å². The second-order valence-corrected chi connectivity index (χ2v) is 8.93. The van der Waals surface area contributed by atoms with Crippen molar-refractivity contribution in [3.05, 3.63) is 29.8 Å². The van der Waals surface area contributed by atoms with E-state index in [-0.39, 0.29) is 12.2 Å². The maximum Gasteiger partial charge on any atom is 0.328 e. The number of hydrogen-bond donors (Lipinski definition) is 9. The smallest absolute Gasteiger partial charge is 0.328 e. The molecule has 1 aromatic carbocycles. The summed E-state index contributed by atoms with van der Waals surface area (Å²) in [5, 5.41) is 46.8. The second-order valence-electron chi connectivity index (χ2n) is 8.93. The van der Waals surface area contributed by atoms with Gasteiger partial charge in [0.15, 0.2) is 6.04 Å². The van der Waals surface area contributed by atoms with Gasteiger partial charge in [-0.2, -0.15) is 0 Å². The Hall–Kier alpha value is -3.75. The molecule has 0 bridgehead atoms. The number of phenols is 1. The Labute approximate surface area is 220 Å². The van der Waals surface area contributed by atoms with Gasteiger partial charge in [0.25, 0.3) is 0 Å². The molecule has 0 saturated carbocycles. The molecule has 0 aliphatic heterocycles. The van der Waals surface area contributed by atoms with Gasteiger partial charge in [-0.3, -0.25) is 19.2 Å². The van der Waals surface area contributed by atoms with Crippen LogP contribution >= 0.6 is 0 Å². The largest absolute Gasteiger partial charge is 0.508 e. The topological polar surface area (TPSA) is 240 Å². The van der Waals surface area contributed by atoms with E-state index >= 15 is 0 Å². The summed E-state index contributed by atoms with van der Waals surface area (Å²) in [6.07, 6.45) is -0.960. The summed E-state index contributed by atoms with van der Waals surface area (Å²) in [5.41, 5.74) is 6.09. The Morgan fingerprint density at radius 2 is 1.53 bits per heavy atom. The third kappa shape index (κ3) is 10.3. The van der Waals surface area contributed by atoms with Gasteiger partial charge in [0.1, 0.15) is 23.9 Å². The average molecular weight is 540 g/mol. The number of phenolic OH excluding ortho intramolecular Hbond substituents is 1. The van der Waals surface area contributed by atoms with E-state index in [1.165, 1.54) is 31.2 Å². The molecule has 14 nitrogen and oxygen atoms in total. The van der Waals surface area contributed by atoms with Gasteiger partial charge in [-0.05, 0) is 30.5 Å². The minimum Gasteiger partial charge on any atom is -0.508 e. The summed E-state index contributed by atoms with van der Waals surface area (Å²) >= 11 is 0. The van der Waals surface area contributed by atoms with Crippen molar-refractivity contribution in [2.24, 2.45) is 11.7 Å². The maximum atomic E-state index is 12.8. The summed E-state index contributed by atoms with van der Waals surface area (Å²) in [6.45, 7) is 3.39. The standard InChI is InChI=1S/C24H37N5O9/c1-4-12(2)19(23(36)29-20(13(3)31)24(37)38)28-18(33)10-26-22(35)17(27-21(34)16(25)11-30)9-14-5-7-15(32)8-6-14/h5-8,12-13,16-17,19-20,30-32H,4,9-11,25H2,1-3H3,(H,26,35)(H,27,34)(H,28,33)(H,29,36)(H,37,38)/t12-,13+,16-,17-,19-,20-/m0/s1. The van der Waals surface area contributed by atoms with Crippen LogP contribution in [0.15, 0.2) is 24.3 Å². The fourth-order valence-corrected chi connectivity index (χ4v) is 3.29. The first-order valence-corrected chi connectivity index (χ1v) is 12.0. The van der Waals surface area contributed by atoms with Crippen LogP contribution < -0.4 is 27.0 Å². The van der Waals surface area contributed by atoms with Crippen LogP contribution in [0, 0.1) is 5.92 Å². The monoisotopic (exact) mass is 539 g/mol. The molecule has 1 rings (SSSR count). The van der Waals surface area contributed by atoms with Crippen LogP contribution in [0.3, 0.4) is 0 Å². The third-order valence-corrected chi connectivity index (χ3v) is 5.82. The first kappa shape index (κ1) is 32.3. The van der Waals surface area contributed by atoms with E-state index in [4.69, 9.17) is 10.8 Å². The van der Waals surface area contributed by atoms with Crippen molar-refractivity contribution >= 4 is 29.6 Å². The zero-order chi connectivity index (χ0) is 29.0. The Morgan fingerprint density at radius 3 is 2.03 bits per heavy atom. The number of carbonyl (C=O) groups is 5. The Kier molecular flexibility index (Phi) is 13.2. The Balaban J connectivity index is 2.91. The summed E-state index contributed by atoms with van der Waals surface area (Å²) in [4.78, 5) is 61.6. The molecule has 0 aromatic heterocycles. The average Bonchev–Trinajstić information content (AvgIpc) is 2.88. The van der Waals surface area contributed by atoms with Gasteiger partial charge in [0, 0.05) is 6.42 Å². The van der Waals surface area contributed by atoms with E-state index in [2.05, 4.69) is 21.3 Å². The van der Waals surface area contributed by atoms with Crippen molar-refractivity contribution in [2.45, 2.75) is 63.9 Å². The zero-order valence-electron chi connectivity index (χ0n) is 21.5. The number of hydrogen-bond acceptors (Lipinski definition) is 9. The number of rotatable bonds is 15. The fourth-order valence-electron chi connectivity index (χ4n) is 3.29. The summed E-state index contributed by atoms with van der Waals surface area (Å²) < 4.78 is 0. The molecule has 0 fully saturated rings. The molecule has 0 saturated heterocycles. The van der Waals surface area contributed by atoms with Gasteiger partial charge in [-0.25, -0.2) is 4.79 Å². The summed E-state index contributed by atoms with van der Waals surface area (Å²) in [6, 6.07) is 0.658. The molecule has 6 atom stereocenters. The van der Waals surface area contributed by atoms with Crippen LogP contribution in [0.25, 0.3) is 0 Å². The molecular weight excluding hydrogens is 502 g/mol. The number of carbonyl (C=O) groups excluding carboxylic acids is 4. The van der Waals surface area contributed by atoms with Gasteiger partial charge in [-0.15, -0.1) is 0 Å². The highest BCUT2D eigenvalue weighted by atomic mass is 16.4. The lowest BCUT2D eigenvalue weighted by molar-refractivity contribution is -0.145. The SMILES string of the molecule is CC[C@H](C)[C@H](NC(=O)CNC(=O)[C@H](Cc1ccc(O)cc1)NC(=O)[C@@H](N)CO)C(=O)N[C@H](C(=O)O)[C@@H](C)O. The van der Waals surface area contributed by atoms with Crippen molar-refractivity contribution in [1.29, 1.82) is 0 Å². The number of benzene rings is 1.